The molecule has 0 amide bonds. The predicted molar refractivity (Wildman–Crippen MR) is 141 cm³/mol. The molecule has 4 rings (SSSR count). The van der Waals surface area contributed by atoms with E-state index in [1.54, 1.807) is 43.3 Å². The molecule has 3 aromatic rings. The topological polar surface area (TPSA) is 181 Å². The molecule has 15 heteroatoms. The second kappa shape index (κ2) is 12.8. The van der Waals surface area contributed by atoms with Crippen LogP contribution >= 0.6 is 0 Å². The Bertz CT molecular complexity index is 1750. The van der Waals surface area contributed by atoms with Gasteiger partial charge in [0.2, 0.25) is 0 Å². The van der Waals surface area contributed by atoms with Crippen molar-refractivity contribution in [2.24, 2.45) is 15.2 Å². The summed E-state index contributed by atoms with van der Waals surface area (Å²) in [6, 6.07) is 18.5. The van der Waals surface area contributed by atoms with E-state index in [1.165, 1.54) is 36.4 Å². The van der Waals surface area contributed by atoms with E-state index < -0.39 is 36.1 Å². The van der Waals surface area contributed by atoms with E-state index in [4.69, 9.17) is 4.18 Å². The molecule has 40 heavy (non-hydrogen) atoms. The van der Waals surface area contributed by atoms with Crippen LogP contribution in [-0.4, -0.2) is 37.3 Å². The number of azo groups is 1. The minimum atomic E-state index is -4.93. The number of aliphatic imine (C=N–C) groups is 1. The summed E-state index contributed by atoms with van der Waals surface area (Å²) in [5.74, 6) is 0.150. The SMILES string of the molecule is Cc1cc(N=Nc2ccc(N=C3C=CC([N+](=O)[O-])=CC3S(=O)(=O)[O-])cc2)ccc1OS(=O)(=O)c1ccccc1.[Na+]. The smallest absolute Gasteiger partial charge is 0.747 e. The normalized spacial score (nSPS) is 16.4. The van der Waals surface area contributed by atoms with Crippen molar-refractivity contribution < 1.29 is 60.1 Å². The molecule has 3 aromatic carbocycles. The van der Waals surface area contributed by atoms with Gasteiger partial charge in [-0.25, -0.2) is 8.42 Å². The molecule has 0 aliphatic heterocycles. The van der Waals surface area contributed by atoms with Gasteiger partial charge in [-0.1, -0.05) is 18.2 Å². The number of hydrogen-bond donors (Lipinski definition) is 0. The van der Waals surface area contributed by atoms with Gasteiger partial charge in [0.05, 0.1) is 27.7 Å². The average molecular weight is 591 g/mol. The third-order valence-electron chi connectivity index (χ3n) is 5.34. The van der Waals surface area contributed by atoms with Crippen molar-refractivity contribution in [3.05, 3.63) is 112 Å². The fraction of sp³-hybridized carbons (Fsp3) is 0.0800. The van der Waals surface area contributed by atoms with Crippen molar-refractivity contribution in [2.45, 2.75) is 17.1 Å². The standard InChI is InChI=1S/C25H20N4O8S2.Na/c1-17-15-20(11-14-24(17)37-39(35,36)22-5-3-2-4-6-22)28-27-19-9-7-18(8-10-19)26-23-13-12-21(29(30)31)16-25(23)38(32,33)34;/h2-16,25H,1H3,(H,32,33,34);/q;+1/p-1. The summed E-state index contributed by atoms with van der Waals surface area (Å²) in [6.45, 7) is 1.67. The minimum Gasteiger partial charge on any atom is -0.747 e. The molecule has 1 atom stereocenters. The Labute approximate surface area is 252 Å². The van der Waals surface area contributed by atoms with Crippen LogP contribution in [0.5, 0.6) is 5.75 Å². The Kier molecular flexibility index (Phi) is 9.89. The average Bonchev–Trinajstić information content (AvgIpc) is 2.89. The molecule has 0 spiro atoms. The third-order valence-corrected chi connectivity index (χ3v) is 7.59. The number of nitro groups is 1. The first kappa shape index (κ1) is 31.0. The summed E-state index contributed by atoms with van der Waals surface area (Å²) in [5.41, 5.74) is 1.00. The van der Waals surface area contributed by atoms with E-state index in [9.17, 15) is 31.5 Å². The molecule has 1 unspecified atom stereocenters. The molecule has 0 fully saturated rings. The zero-order chi connectivity index (χ0) is 28.2. The first-order valence-corrected chi connectivity index (χ1v) is 14.0. The molecular weight excluding hydrogens is 571 g/mol. The molecule has 0 saturated carbocycles. The number of hydrogen-bond acceptors (Lipinski definition) is 11. The Hall–Kier alpha value is -3.53. The van der Waals surface area contributed by atoms with Crippen molar-refractivity contribution in [3.63, 3.8) is 0 Å². The summed E-state index contributed by atoms with van der Waals surface area (Å²) >= 11 is 0. The van der Waals surface area contributed by atoms with Crippen LogP contribution in [-0.2, 0) is 20.2 Å². The Morgan fingerprint density at radius 2 is 1.45 bits per heavy atom. The molecule has 12 nitrogen and oxygen atoms in total. The Morgan fingerprint density at radius 3 is 2.05 bits per heavy atom. The van der Waals surface area contributed by atoms with Gasteiger partial charge < -0.3 is 8.74 Å². The molecule has 0 heterocycles. The molecule has 200 valence electrons. The predicted octanol–water partition coefficient (Wildman–Crippen LogP) is 1.90. The molecular formula is C25H19N4NaO8S2. The maximum Gasteiger partial charge on any atom is 1.00 e. The number of aryl methyl sites for hydroxylation is 1. The van der Waals surface area contributed by atoms with E-state index in [1.807, 2.05) is 0 Å². The second-order valence-corrected chi connectivity index (χ2v) is 11.2. The van der Waals surface area contributed by atoms with Crippen LogP contribution in [0.3, 0.4) is 0 Å². The fourth-order valence-electron chi connectivity index (χ4n) is 3.42. The molecule has 1 aliphatic carbocycles. The summed E-state index contributed by atoms with van der Waals surface area (Å²) in [7, 11) is -8.92. The van der Waals surface area contributed by atoms with E-state index in [2.05, 4.69) is 15.2 Å². The van der Waals surface area contributed by atoms with Crippen LogP contribution < -0.4 is 33.7 Å². The van der Waals surface area contributed by atoms with Crippen LogP contribution in [0.15, 0.2) is 117 Å². The van der Waals surface area contributed by atoms with Crippen LogP contribution in [0.2, 0.25) is 0 Å². The van der Waals surface area contributed by atoms with Crippen LogP contribution in [0.25, 0.3) is 0 Å². The summed E-state index contributed by atoms with van der Waals surface area (Å²) in [4.78, 5) is 14.3. The zero-order valence-electron chi connectivity index (χ0n) is 21.1. The fourth-order valence-corrected chi connectivity index (χ4v) is 5.16. The largest absolute Gasteiger partial charge is 1.00 e. The Morgan fingerprint density at radius 1 is 0.850 bits per heavy atom. The van der Waals surface area contributed by atoms with E-state index in [-0.39, 0.29) is 51.6 Å². The number of nitrogens with zero attached hydrogens (tertiary/aromatic N) is 4. The van der Waals surface area contributed by atoms with Gasteiger partial charge in [0.15, 0.2) is 0 Å². The quantitative estimate of drug-likeness (QED) is 0.0952. The van der Waals surface area contributed by atoms with Gasteiger partial charge >= 0.3 is 39.7 Å². The number of allylic oxidation sites excluding steroid dienone is 2. The second-order valence-electron chi connectivity index (χ2n) is 8.15. The maximum atomic E-state index is 12.5. The first-order valence-electron chi connectivity index (χ1n) is 11.1. The molecule has 0 aromatic heterocycles. The molecule has 0 saturated heterocycles. The van der Waals surface area contributed by atoms with Gasteiger partial charge in [-0.2, -0.15) is 18.6 Å². The molecule has 1 aliphatic rings. The monoisotopic (exact) mass is 590 g/mol. The van der Waals surface area contributed by atoms with Crippen molar-refractivity contribution >= 4 is 43.0 Å². The molecule has 0 bridgehead atoms. The van der Waals surface area contributed by atoms with Crippen LogP contribution in [0.4, 0.5) is 17.1 Å². The van der Waals surface area contributed by atoms with Gasteiger partial charge in [-0.3, -0.25) is 15.1 Å². The van der Waals surface area contributed by atoms with E-state index >= 15 is 0 Å². The number of benzene rings is 3. The first-order chi connectivity index (χ1) is 18.4. The van der Waals surface area contributed by atoms with Gasteiger partial charge in [0.1, 0.15) is 26.0 Å². The minimum absolute atomic E-state index is 0. The van der Waals surface area contributed by atoms with Crippen LogP contribution in [0, 0.1) is 17.0 Å². The van der Waals surface area contributed by atoms with Gasteiger partial charge in [0.25, 0.3) is 5.70 Å². The molecule has 0 radical (unpaired) electrons. The third kappa shape index (κ3) is 7.78. The van der Waals surface area contributed by atoms with E-state index in [0.717, 1.165) is 18.2 Å². The zero-order valence-corrected chi connectivity index (χ0v) is 24.7. The van der Waals surface area contributed by atoms with Crippen molar-refractivity contribution in [1.29, 1.82) is 0 Å². The van der Waals surface area contributed by atoms with Crippen molar-refractivity contribution in [1.82, 2.24) is 0 Å². The summed E-state index contributed by atoms with van der Waals surface area (Å²) < 4.78 is 65.0. The summed E-state index contributed by atoms with van der Waals surface area (Å²) in [6.07, 6.45) is 2.93. The summed E-state index contributed by atoms with van der Waals surface area (Å²) in [5, 5.41) is 17.4. The molecule has 0 N–H and O–H groups in total. The van der Waals surface area contributed by atoms with Gasteiger partial charge in [-0.15, -0.1) is 0 Å². The Balaban J connectivity index is 0.00000441. The van der Waals surface area contributed by atoms with Crippen LogP contribution in [0.1, 0.15) is 5.56 Å². The van der Waals surface area contributed by atoms with Gasteiger partial charge in [0, 0.05) is 12.2 Å². The van der Waals surface area contributed by atoms with Crippen molar-refractivity contribution in [3.8, 4) is 5.75 Å². The maximum absolute atomic E-state index is 12.5. The number of rotatable bonds is 8. The van der Waals surface area contributed by atoms with Crippen molar-refractivity contribution in [2.75, 3.05) is 0 Å². The van der Waals surface area contributed by atoms with E-state index in [0.29, 0.717) is 16.9 Å². The van der Waals surface area contributed by atoms with Gasteiger partial charge in [-0.05, 0) is 73.2 Å².